The van der Waals surface area contributed by atoms with Gasteiger partial charge in [0.1, 0.15) is 6.07 Å². The van der Waals surface area contributed by atoms with E-state index in [0.717, 1.165) is 5.56 Å². The fraction of sp³-hybridized carbons (Fsp3) is 0.200. The molecule has 2 atom stereocenters. The van der Waals surface area contributed by atoms with Gasteiger partial charge in [0.2, 0.25) is 5.72 Å². The molecule has 22 heavy (non-hydrogen) atoms. The third-order valence-corrected chi connectivity index (χ3v) is 3.91. The highest BCUT2D eigenvalue weighted by Crippen LogP contribution is 2.25. The number of nitrogens with zero attached hydrogens (tertiary/aromatic N) is 2. The van der Waals surface area contributed by atoms with Crippen molar-refractivity contribution in [2.45, 2.75) is 18.7 Å². The minimum atomic E-state index is -1.87. The monoisotopic (exact) mass is 336 g/mol. The number of hydrazine groups is 1. The van der Waals surface area contributed by atoms with Gasteiger partial charge < -0.3 is 5.11 Å². The molecule has 3 N–H and O–H groups in total. The van der Waals surface area contributed by atoms with Gasteiger partial charge in [0, 0.05) is 24.0 Å². The predicted molar refractivity (Wildman–Crippen MR) is 84.9 cm³/mol. The number of aromatic nitrogens is 1. The Morgan fingerprint density at radius 2 is 1.91 bits per heavy atom. The molecule has 0 aliphatic rings. The van der Waals surface area contributed by atoms with Gasteiger partial charge in [-0.15, -0.1) is 0 Å². The normalized spacial score (nSPS) is 14.9. The van der Waals surface area contributed by atoms with E-state index in [9.17, 15) is 10.4 Å². The predicted octanol–water partition coefficient (Wildman–Crippen LogP) is 2.91. The largest absolute Gasteiger partial charge is 0.359 e. The zero-order valence-electron chi connectivity index (χ0n) is 11.7. The molecule has 0 amide bonds. The second kappa shape index (κ2) is 7.05. The summed E-state index contributed by atoms with van der Waals surface area (Å²) in [5.41, 5.74) is 4.90. The molecular formula is C15H14Cl2N4O. The maximum atomic E-state index is 10.4. The number of halogens is 2. The molecule has 0 saturated carbocycles. The minimum absolute atomic E-state index is 0.212. The zero-order valence-corrected chi connectivity index (χ0v) is 13.2. The molecule has 2 unspecified atom stereocenters. The van der Waals surface area contributed by atoms with Crippen molar-refractivity contribution >= 4 is 23.2 Å². The maximum Gasteiger partial charge on any atom is 0.244 e. The Morgan fingerprint density at radius 1 is 1.23 bits per heavy atom. The summed E-state index contributed by atoms with van der Waals surface area (Å²) in [7, 11) is 0. The summed E-state index contributed by atoms with van der Waals surface area (Å²) in [6.07, 6.45) is 3.00. The van der Waals surface area contributed by atoms with Crippen molar-refractivity contribution in [2.75, 3.05) is 0 Å². The fourth-order valence-corrected chi connectivity index (χ4v) is 2.14. The lowest BCUT2D eigenvalue weighted by Gasteiger charge is -2.25. The van der Waals surface area contributed by atoms with Gasteiger partial charge in [-0.05, 0) is 36.8 Å². The van der Waals surface area contributed by atoms with Gasteiger partial charge >= 0.3 is 0 Å². The third kappa shape index (κ3) is 3.74. The molecular weight excluding hydrogens is 323 g/mol. The highest BCUT2D eigenvalue weighted by atomic mass is 35.5. The third-order valence-electron chi connectivity index (χ3n) is 3.17. The molecule has 0 bridgehead atoms. The lowest BCUT2D eigenvalue weighted by Crippen LogP contribution is -2.49. The number of rotatable bonds is 5. The van der Waals surface area contributed by atoms with E-state index in [1.165, 1.54) is 12.4 Å². The summed E-state index contributed by atoms with van der Waals surface area (Å²) in [5, 5.41) is 20.5. The number of pyridine rings is 1. The van der Waals surface area contributed by atoms with Crippen LogP contribution in [0, 0.1) is 11.3 Å². The SMILES string of the molecule is CC(NNC(O)(C#N)c1ccncc1)c1ccc(Cl)c(Cl)c1. The van der Waals surface area contributed by atoms with E-state index >= 15 is 0 Å². The first-order valence-electron chi connectivity index (χ1n) is 6.48. The number of aliphatic hydroxyl groups is 1. The van der Waals surface area contributed by atoms with Gasteiger partial charge in [0.15, 0.2) is 0 Å². The molecule has 0 saturated heterocycles. The zero-order chi connectivity index (χ0) is 16.2. The van der Waals surface area contributed by atoms with Crippen molar-refractivity contribution < 1.29 is 5.11 Å². The average Bonchev–Trinajstić information content (AvgIpc) is 2.55. The number of hydrogen-bond acceptors (Lipinski definition) is 5. The van der Waals surface area contributed by atoms with E-state index in [4.69, 9.17) is 23.2 Å². The molecule has 114 valence electrons. The van der Waals surface area contributed by atoms with Crippen molar-refractivity contribution in [1.82, 2.24) is 15.8 Å². The van der Waals surface area contributed by atoms with Crippen LogP contribution in [0.2, 0.25) is 10.0 Å². The summed E-state index contributed by atoms with van der Waals surface area (Å²) in [4.78, 5) is 3.86. The minimum Gasteiger partial charge on any atom is -0.359 e. The Balaban J connectivity index is 2.10. The van der Waals surface area contributed by atoms with Crippen LogP contribution in [0.4, 0.5) is 0 Å². The molecule has 0 aliphatic carbocycles. The Bertz CT molecular complexity index is 690. The molecule has 1 aromatic carbocycles. The van der Waals surface area contributed by atoms with Crippen molar-refractivity contribution in [1.29, 1.82) is 5.26 Å². The first-order valence-corrected chi connectivity index (χ1v) is 7.23. The van der Waals surface area contributed by atoms with Crippen LogP contribution in [0.3, 0.4) is 0 Å². The van der Waals surface area contributed by atoms with Crippen LogP contribution in [0.5, 0.6) is 0 Å². The molecule has 0 aliphatic heterocycles. The molecule has 5 nitrogen and oxygen atoms in total. The number of benzene rings is 1. The molecule has 0 spiro atoms. The van der Waals surface area contributed by atoms with Crippen molar-refractivity contribution in [3.63, 3.8) is 0 Å². The molecule has 7 heteroatoms. The van der Waals surface area contributed by atoms with E-state index in [0.29, 0.717) is 15.6 Å². The number of nitrogens with one attached hydrogen (secondary N) is 2. The average molecular weight is 337 g/mol. The van der Waals surface area contributed by atoms with Crippen LogP contribution >= 0.6 is 23.2 Å². The Morgan fingerprint density at radius 3 is 2.50 bits per heavy atom. The number of hydrogen-bond donors (Lipinski definition) is 3. The van der Waals surface area contributed by atoms with Crippen LogP contribution in [0.25, 0.3) is 0 Å². The molecule has 0 fully saturated rings. The van der Waals surface area contributed by atoms with E-state index in [1.807, 2.05) is 19.1 Å². The second-order valence-corrected chi connectivity index (χ2v) is 5.54. The van der Waals surface area contributed by atoms with Gasteiger partial charge in [-0.25, -0.2) is 10.9 Å². The molecule has 1 aromatic heterocycles. The van der Waals surface area contributed by atoms with Crippen LogP contribution in [0.15, 0.2) is 42.7 Å². The van der Waals surface area contributed by atoms with E-state index in [2.05, 4.69) is 15.8 Å². The first-order chi connectivity index (χ1) is 10.5. The summed E-state index contributed by atoms with van der Waals surface area (Å²) < 4.78 is 0. The fourth-order valence-electron chi connectivity index (χ4n) is 1.84. The lowest BCUT2D eigenvalue weighted by atomic mass is 10.1. The quantitative estimate of drug-likeness (QED) is 0.444. The van der Waals surface area contributed by atoms with E-state index in [-0.39, 0.29) is 6.04 Å². The highest BCUT2D eigenvalue weighted by Gasteiger charge is 2.29. The van der Waals surface area contributed by atoms with Gasteiger partial charge in [0.05, 0.1) is 10.0 Å². The lowest BCUT2D eigenvalue weighted by molar-refractivity contribution is 0.0381. The molecule has 2 aromatic rings. The summed E-state index contributed by atoms with van der Waals surface area (Å²) >= 11 is 11.9. The smallest absolute Gasteiger partial charge is 0.244 e. The number of nitriles is 1. The van der Waals surface area contributed by atoms with Crippen molar-refractivity contribution in [3.8, 4) is 6.07 Å². The van der Waals surface area contributed by atoms with Gasteiger partial charge in [0.25, 0.3) is 0 Å². The van der Waals surface area contributed by atoms with Crippen molar-refractivity contribution in [3.05, 3.63) is 63.9 Å². The van der Waals surface area contributed by atoms with Crippen LogP contribution in [-0.4, -0.2) is 10.1 Å². The Labute approximate surface area is 138 Å². The van der Waals surface area contributed by atoms with Crippen LogP contribution in [-0.2, 0) is 5.72 Å². The molecule has 1 heterocycles. The summed E-state index contributed by atoms with van der Waals surface area (Å²) in [6.45, 7) is 1.86. The van der Waals surface area contributed by atoms with Crippen LogP contribution in [0.1, 0.15) is 24.1 Å². The summed E-state index contributed by atoms with van der Waals surface area (Å²) in [5.74, 6) is 0. The van der Waals surface area contributed by atoms with Gasteiger partial charge in [-0.3, -0.25) is 4.98 Å². The van der Waals surface area contributed by atoms with E-state index in [1.54, 1.807) is 24.3 Å². The topological polar surface area (TPSA) is 81.0 Å². The standard InChI is InChI=1S/C15H14Cl2N4O/c1-10(11-2-3-13(16)14(17)8-11)20-21-15(22,9-18)12-4-6-19-7-5-12/h2-8,10,20-22H,1H3. The van der Waals surface area contributed by atoms with E-state index < -0.39 is 5.72 Å². The summed E-state index contributed by atoms with van der Waals surface area (Å²) in [6, 6.07) is 9.96. The van der Waals surface area contributed by atoms with Gasteiger partial charge in [-0.1, -0.05) is 29.3 Å². The van der Waals surface area contributed by atoms with Gasteiger partial charge in [-0.2, -0.15) is 5.26 Å². The highest BCUT2D eigenvalue weighted by molar-refractivity contribution is 6.42. The maximum absolute atomic E-state index is 10.4. The second-order valence-electron chi connectivity index (χ2n) is 4.72. The van der Waals surface area contributed by atoms with Crippen molar-refractivity contribution in [2.24, 2.45) is 0 Å². The Kier molecular flexibility index (Phi) is 5.35. The molecule has 0 radical (unpaired) electrons. The van der Waals surface area contributed by atoms with Crippen LogP contribution < -0.4 is 10.9 Å². The first kappa shape index (κ1) is 16.7. The Hall–Kier alpha value is -1.68. The molecule has 2 rings (SSSR count).